The van der Waals surface area contributed by atoms with Crippen molar-refractivity contribution in [3.8, 4) is 0 Å². The Kier molecular flexibility index (Phi) is 3.59. The van der Waals surface area contributed by atoms with Gasteiger partial charge in [-0.05, 0) is 31.0 Å². The van der Waals surface area contributed by atoms with Crippen LogP contribution >= 0.6 is 0 Å². The van der Waals surface area contributed by atoms with E-state index in [1.54, 1.807) is 6.20 Å². The Labute approximate surface area is 82.8 Å². The maximum Gasteiger partial charge on any atom is 0.308 e. The molecule has 0 aliphatic carbocycles. The van der Waals surface area contributed by atoms with Gasteiger partial charge in [-0.15, -0.1) is 0 Å². The van der Waals surface area contributed by atoms with Gasteiger partial charge in [-0.1, -0.05) is 0 Å². The minimum absolute atomic E-state index is 0.163. The lowest BCUT2D eigenvalue weighted by atomic mass is 10.00. The summed E-state index contributed by atoms with van der Waals surface area (Å²) in [5.41, 5.74) is 7.22. The molecule has 0 radical (unpaired) electrons. The van der Waals surface area contributed by atoms with Crippen LogP contribution in [0.5, 0.6) is 0 Å². The zero-order valence-electron chi connectivity index (χ0n) is 8.10. The first kappa shape index (κ1) is 10.7. The fourth-order valence-electron chi connectivity index (χ4n) is 1.29. The van der Waals surface area contributed by atoms with E-state index < -0.39 is 11.9 Å². The minimum Gasteiger partial charge on any atom is -0.481 e. The van der Waals surface area contributed by atoms with Crippen molar-refractivity contribution in [2.75, 3.05) is 6.54 Å². The maximum absolute atomic E-state index is 10.7. The molecule has 1 aromatic rings. The Morgan fingerprint density at radius 1 is 1.71 bits per heavy atom. The summed E-state index contributed by atoms with van der Waals surface area (Å²) in [5, 5.41) is 8.81. The van der Waals surface area contributed by atoms with E-state index in [1.165, 1.54) is 0 Å². The van der Waals surface area contributed by atoms with E-state index in [9.17, 15) is 4.79 Å². The molecule has 0 aromatic carbocycles. The van der Waals surface area contributed by atoms with Crippen molar-refractivity contribution < 1.29 is 9.90 Å². The molecule has 1 heterocycles. The van der Waals surface area contributed by atoms with Crippen molar-refractivity contribution in [1.82, 2.24) is 4.98 Å². The number of carbonyl (C=O) groups is 1. The Morgan fingerprint density at radius 3 is 2.93 bits per heavy atom. The zero-order chi connectivity index (χ0) is 10.6. The number of rotatable bonds is 4. The minimum atomic E-state index is -0.845. The first-order valence-corrected chi connectivity index (χ1v) is 4.48. The number of carboxylic acid groups (broad SMARTS) is 1. The number of aromatic nitrogens is 1. The lowest BCUT2D eigenvalue weighted by Crippen LogP contribution is -2.25. The molecule has 0 saturated carbocycles. The number of nitrogens with two attached hydrogens (primary N) is 1. The number of aryl methyl sites for hydroxylation is 1. The molecule has 4 heteroatoms. The van der Waals surface area contributed by atoms with E-state index >= 15 is 0 Å². The van der Waals surface area contributed by atoms with Crippen molar-refractivity contribution in [2.24, 2.45) is 11.7 Å². The third kappa shape index (κ3) is 2.81. The van der Waals surface area contributed by atoms with Crippen molar-refractivity contribution >= 4 is 5.97 Å². The number of nitrogens with zero attached hydrogens (tertiary/aromatic N) is 1. The van der Waals surface area contributed by atoms with E-state index in [-0.39, 0.29) is 6.54 Å². The molecule has 1 atom stereocenters. The van der Waals surface area contributed by atoms with Crippen LogP contribution in [0, 0.1) is 12.8 Å². The van der Waals surface area contributed by atoms with Crippen molar-refractivity contribution in [1.29, 1.82) is 0 Å². The molecule has 4 nitrogen and oxygen atoms in total. The highest BCUT2D eigenvalue weighted by molar-refractivity contribution is 5.70. The number of aliphatic carboxylic acids is 1. The Bertz CT molecular complexity index is 326. The number of carboxylic acids is 1. The van der Waals surface area contributed by atoms with Crippen LogP contribution in [-0.2, 0) is 11.2 Å². The Hall–Kier alpha value is -1.42. The highest BCUT2D eigenvalue weighted by Crippen LogP contribution is 2.08. The van der Waals surface area contributed by atoms with Gasteiger partial charge in [0.2, 0.25) is 0 Å². The molecule has 0 bridgehead atoms. The molecule has 1 aromatic heterocycles. The largest absolute Gasteiger partial charge is 0.481 e. The lowest BCUT2D eigenvalue weighted by molar-refractivity contribution is -0.141. The van der Waals surface area contributed by atoms with E-state index in [1.807, 2.05) is 19.1 Å². The molecule has 0 amide bonds. The van der Waals surface area contributed by atoms with Crippen LogP contribution in [-0.4, -0.2) is 22.6 Å². The van der Waals surface area contributed by atoms with Gasteiger partial charge in [0.15, 0.2) is 0 Å². The van der Waals surface area contributed by atoms with Gasteiger partial charge < -0.3 is 10.8 Å². The van der Waals surface area contributed by atoms with Crippen LogP contribution in [0.1, 0.15) is 11.3 Å². The van der Waals surface area contributed by atoms with Gasteiger partial charge in [0.05, 0.1) is 5.92 Å². The van der Waals surface area contributed by atoms with Gasteiger partial charge in [-0.3, -0.25) is 9.78 Å². The Balaban J connectivity index is 2.72. The molecule has 0 aliphatic rings. The molecular weight excluding hydrogens is 180 g/mol. The highest BCUT2D eigenvalue weighted by atomic mass is 16.4. The highest BCUT2D eigenvalue weighted by Gasteiger charge is 2.15. The average Bonchev–Trinajstić information content (AvgIpc) is 2.14. The molecule has 0 spiro atoms. The summed E-state index contributed by atoms with van der Waals surface area (Å²) in [6, 6.07) is 3.70. The van der Waals surface area contributed by atoms with Crippen LogP contribution in [0.4, 0.5) is 0 Å². The van der Waals surface area contributed by atoms with Crippen LogP contribution in [0.25, 0.3) is 0 Å². The van der Waals surface area contributed by atoms with Gasteiger partial charge in [0.25, 0.3) is 0 Å². The summed E-state index contributed by atoms with van der Waals surface area (Å²) >= 11 is 0. The molecule has 1 rings (SSSR count). The predicted octanol–water partition coefficient (Wildman–Crippen LogP) is 0.592. The standard InChI is InChI=1S/C10H14N2O2/c1-7-4-8(2-3-12-7)5-9(6-11)10(13)14/h2-4,9H,5-6,11H2,1H3,(H,13,14). The van der Waals surface area contributed by atoms with Crippen molar-refractivity contribution in [3.05, 3.63) is 29.6 Å². The summed E-state index contributed by atoms with van der Waals surface area (Å²) in [6.07, 6.45) is 2.15. The second-order valence-electron chi connectivity index (χ2n) is 3.28. The number of hydrogen-bond donors (Lipinski definition) is 2. The van der Waals surface area contributed by atoms with E-state index in [2.05, 4.69) is 4.98 Å². The predicted molar refractivity (Wildman–Crippen MR) is 52.9 cm³/mol. The van der Waals surface area contributed by atoms with Crippen LogP contribution in [0.2, 0.25) is 0 Å². The zero-order valence-corrected chi connectivity index (χ0v) is 8.10. The third-order valence-corrected chi connectivity index (χ3v) is 2.08. The molecule has 0 saturated heterocycles. The van der Waals surface area contributed by atoms with Gasteiger partial charge in [0.1, 0.15) is 0 Å². The number of pyridine rings is 1. The fraction of sp³-hybridized carbons (Fsp3) is 0.400. The first-order chi connectivity index (χ1) is 6.63. The number of hydrogen-bond acceptors (Lipinski definition) is 3. The van der Waals surface area contributed by atoms with E-state index in [0.717, 1.165) is 11.3 Å². The van der Waals surface area contributed by atoms with Crippen LogP contribution in [0.15, 0.2) is 18.3 Å². The van der Waals surface area contributed by atoms with Gasteiger partial charge in [-0.2, -0.15) is 0 Å². The average molecular weight is 194 g/mol. The molecule has 3 N–H and O–H groups in total. The third-order valence-electron chi connectivity index (χ3n) is 2.08. The molecule has 0 aliphatic heterocycles. The smallest absolute Gasteiger partial charge is 0.308 e. The quantitative estimate of drug-likeness (QED) is 0.735. The second kappa shape index (κ2) is 4.72. The normalized spacial score (nSPS) is 12.4. The molecule has 1 unspecified atom stereocenters. The van der Waals surface area contributed by atoms with E-state index in [4.69, 9.17) is 10.8 Å². The van der Waals surface area contributed by atoms with Gasteiger partial charge >= 0.3 is 5.97 Å². The monoisotopic (exact) mass is 194 g/mol. The van der Waals surface area contributed by atoms with E-state index in [0.29, 0.717) is 6.42 Å². The molecular formula is C10H14N2O2. The van der Waals surface area contributed by atoms with Crippen LogP contribution < -0.4 is 5.73 Å². The molecule has 76 valence electrons. The summed E-state index contributed by atoms with van der Waals surface area (Å²) < 4.78 is 0. The summed E-state index contributed by atoms with van der Waals surface area (Å²) in [5.74, 6) is -1.35. The second-order valence-corrected chi connectivity index (χ2v) is 3.28. The topological polar surface area (TPSA) is 76.2 Å². The SMILES string of the molecule is Cc1cc(CC(CN)C(=O)O)ccn1. The molecule has 14 heavy (non-hydrogen) atoms. The molecule has 0 fully saturated rings. The summed E-state index contributed by atoms with van der Waals surface area (Å²) in [4.78, 5) is 14.8. The lowest BCUT2D eigenvalue weighted by Gasteiger charge is -2.09. The van der Waals surface area contributed by atoms with Crippen LogP contribution in [0.3, 0.4) is 0 Å². The maximum atomic E-state index is 10.7. The summed E-state index contributed by atoms with van der Waals surface area (Å²) in [7, 11) is 0. The van der Waals surface area contributed by atoms with Crippen molar-refractivity contribution in [2.45, 2.75) is 13.3 Å². The summed E-state index contributed by atoms with van der Waals surface area (Å²) in [6.45, 7) is 2.04. The van der Waals surface area contributed by atoms with Crippen molar-refractivity contribution in [3.63, 3.8) is 0 Å². The Morgan fingerprint density at radius 2 is 2.43 bits per heavy atom. The fourth-order valence-corrected chi connectivity index (χ4v) is 1.29. The van der Waals surface area contributed by atoms with Gasteiger partial charge in [0, 0.05) is 18.4 Å². The first-order valence-electron chi connectivity index (χ1n) is 4.48. The van der Waals surface area contributed by atoms with Gasteiger partial charge in [-0.25, -0.2) is 0 Å².